The lowest BCUT2D eigenvalue weighted by molar-refractivity contribution is -0.114. The highest BCUT2D eigenvalue weighted by molar-refractivity contribution is 7.48. The minimum atomic E-state index is -1.31. The second-order valence-electron chi connectivity index (χ2n) is 6.46. The minimum Gasteiger partial charge on any atom is -0.506 e. The Morgan fingerprint density at radius 2 is 1.91 bits per heavy atom. The van der Waals surface area contributed by atoms with Gasteiger partial charge < -0.3 is 29.5 Å². The zero-order valence-corrected chi connectivity index (χ0v) is 19.5. The third-order valence-corrected chi connectivity index (χ3v) is 6.20. The molecule has 0 spiro atoms. The number of aromatic hydroxyl groups is 1. The molecular formula is C21H24ClN4O5P. The van der Waals surface area contributed by atoms with Crippen molar-refractivity contribution in [2.45, 2.75) is 13.8 Å². The van der Waals surface area contributed by atoms with Crippen LogP contribution in [0.15, 0.2) is 36.7 Å². The molecule has 0 fully saturated rings. The number of nitrogens with one attached hydrogen (secondary N) is 2. The van der Waals surface area contributed by atoms with E-state index in [9.17, 15) is 9.90 Å². The van der Waals surface area contributed by atoms with Crippen molar-refractivity contribution in [1.29, 1.82) is 0 Å². The standard InChI is InChI=1S/C21H24ClN4O5P/c1-4-30-32(31-5-2)11-20(28)26-17-9-14-16(10-19(17)29-3)23-12-24-21(14)25-13-6-7-18(27)15(22)8-13/h6-10,12,27H,4-5,11H2,1-3H3,(H,26,28)(H,23,24,25). The van der Waals surface area contributed by atoms with Gasteiger partial charge in [0.2, 0.25) is 5.91 Å². The average Bonchev–Trinajstić information content (AvgIpc) is 2.76. The number of benzene rings is 2. The van der Waals surface area contributed by atoms with Crippen LogP contribution >= 0.6 is 20.0 Å². The lowest BCUT2D eigenvalue weighted by atomic mass is 10.2. The van der Waals surface area contributed by atoms with Crippen molar-refractivity contribution >= 4 is 54.0 Å². The molecule has 32 heavy (non-hydrogen) atoms. The van der Waals surface area contributed by atoms with E-state index >= 15 is 0 Å². The molecule has 3 rings (SSSR count). The molecule has 0 aliphatic rings. The van der Waals surface area contributed by atoms with Gasteiger partial charge in [-0.15, -0.1) is 0 Å². The Balaban J connectivity index is 1.90. The summed E-state index contributed by atoms with van der Waals surface area (Å²) in [6.45, 7) is 4.64. The van der Waals surface area contributed by atoms with E-state index in [0.717, 1.165) is 0 Å². The van der Waals surface area contributed by atoms with E-state index in [4.69, 9.17) is 25.4 Å². The summed E-state index contributed by atoms with van der Waals surface area (Å²) in [6, 6.07) is 8.19. The fourth-order valence-electron chi connectivity index (χ4n) is 2.89. The van der Waals surface area contributed by atoms with Gasteiger partial charge in [0, 0.05) is 17.1 Å². The number of carbonyl (C=O) groups excluding carboxylic acids is 1. The highest BCUT2D eigenvalue weighted by Crippen LogP contribution is 2.39. The molecule has 0 radical (unpaired) electrons. The summed E-state index contributed by atoms with van der Waals surface area (Å²) in [4.78, 5) is 21.2. The molecule has 0 atom stereocenters. The summed E-state index contributed by atoms with van der Waals surface area (Å²) in [5, 5.41) is 16.5. The van der Waals surface area contributed by atoms with Crippen LogP contribution in [0.4, 0.5) is 17.2 Å². The maximum Gasteiger partial charge on any atom is 0.233 e. The molecule has 3 N–H and O–H groups in total. The summed E-state index contributed by atoms with van der Waals surface area (Å²) in [6.07, 6.45) is 1.52. The van der Waals surface area contributed by atoms with Crippen molar-refractivity contribution in [3.8, 4) is 11.5 Å². The van der Waals surface area contributed by atoms with Crippen molar-refractivity contribution < 1.29 is 23.7 Å². The highest BCUT2D eigenvalue weighted by Gasteiger charge is 2.18. The molecular weight excluding hydrogens is 455 g/mol. The van der Waals surface area contributed by atoms with E-state index in [1.54, 1.807) is 24.3 Å². The van der Waals surface area contributed by atoms with Crippen molar-refractivity contribution in [2.24, 2.45) is 0 Å². The molecule has 0 aliphatic heterocycles. The van der Waals surface area contributed by atoms with Crippen LogP contribution < -0.4 is 15.4 Å². The van der Waals surface area contributed by atoms with E-state index in [-0.39, 0.29) is 22.8 Å². The molecule has 170 valence electrons. The maximum atomic E-state index is 12.6. The first-order chi connectivity index (χ1) is 15.4. The largest absolute Gasteiger partial charge is 0.506 e. The van der Waals surface area contributed by atoms with Crippen LogP contribution in [0.5, 0.6) is 11.5 Å². The Kier molecular flexibility index (Phi) is 8.41. The van der Waals surface area contributed by atoms with Gasteiger partial charge in [0.15, 0.2) is 8.38 Å². The van der Waals surface area contributed by atoms with Crippen LogP contribution in [-0.4, -0.2) is 47.5 Å². The van der Waals surface area contributed by atoms with Gasteiger partial charge in [0.25, 0.3) is 0 Å². The van der Waals surface area contributed by atoms with Gasteiger partial charge in [0.05, 0.1) is 42.7 Å². The number of phenolic OH excluding ortho intramolecular Hbond substituents is 1. The van der Waals surface area contributed by atoms with Crippen LogP contribution in [0.25, 0.3) is 10.9 Å². The van der Waals surface area contributed by atoms with Gasteiger partial charge in [0.1, 0.15) is 23.6 Å². The number of anilines is 3. The quantitative estimate of drug-likeness (QED) is 0.273. The number of nitrogens with zero attached hydrogens (tertiary/aromatic N) is 2. The van der Waals surface area contributed by atoms with E-state index in [2.05, 4.69) is 20.6 Å². The average molecular weight is 479 g/mol. The molecule has 1 heterocycles. The molecule has 0 saturated heterocycles. The normalized spacial score (nSPS) is 11.0. The first kappa shape index (κ1) is 23.9. The molecule has 1 aromatic heterocycles. The number of carbonyl (C=O) groups is 1. The lowest BCUT2D eigenvalue weighted by Crippen LogP contribution is -2.17. The Labute approximate surface area is 192 Å². The number of amides is 1. The minimum absolute atomic E-state index is 0.0152. The van der Waals surface area contributed by atoms with E-state index in [1.807, 2.05) is 13.8 Å². The Morgan fingerprint density at radius 3 is 2.56 bits per heavy atom. The van der Waals surface area contributed by atoms with Crippen molar-refractivity contribution in [3.63, 3.8) is 0 Å². The summed E-state index contributed by atoms with van der Waals surface area (Å²) < 4.78 is 16.5. The van der Waals surface area contributed by atoms with E-state index in [1.165, 1.54) is 19.5 Å². The summed E-state index contributed by atoms with van der Waals surface area (Å²) in [5.41, 5.74) is 1.72. The maximum absolute atomic E-state index is 12.6. The Bertz CT molecular complexity index is 1100. The fourth-order valence-corrected chi connectivity index (χ4v) is 4.22. The Morgan fingerprint density at radius 1 is 1.16 bits per heavy atom. The molecule has 0 unspecified atom stereocenters. The summed E-state index contributed by atoms with van der Waals surface area (Å²) in [7, 11) is 0.203. The number of methoxy groups -OCH3 is 1. The molecule has 0 bridgehead atoms. The third kappa shape index (κ3) is 5.95. The van der Waals surface area contributed by atoms with Crippen LogP contribution in [0.1, 0.15) is 13.8 Å². The summed E-state index contributed by atoms with van der Waals surface area (Å²) in [5.74, 6) is 0.687. The number of aromatic nitrogens is 2. The van der Waals surface area contributed by atoms with Crippen molar-refractivity contribution in [2.75, 3.05) is 37.1 Å². The van der Waals surface area contributed by atoms with Crippen LogP contribution in [0.3, 0.4) is 0 Å². The molecule has 2 aromatic carbocycles. The zero-order valence-electron chi connectivity index (χ0n) is 17.9. The number of fused-ring (bicyclic) bond motifs is 1. The number of rotatable bonds is 10. The molecule has 3 aromatic rings. The number of phenols is 1. The number of ether oxygens (including phenoxy) is 1. The fraction of sp³-hybridized carbons (Fsp3) is 0.286. The Hall–Kier alpha value is -2.71. The molecule has 0 aliphatic carbocycles. The van der Waals surface area contributed by atoms with Gasteiger partial charge in [-0.1, -0.05) is 11.6 Å². The van der Waals surface area contributed by atoms with Crippen molar-refractivity contribution in [1.82, 2.24) is 9.97 Å². The topological polar surface area (TPSA) is 115 Å². The first-order valence-corrected chi connectivity index (χ1v) is 11.6. The first-order valence-electron chi connectivity index (χ1n) is 9.86. The number of hydrogen-bond donors (Lipinski definition) is 3. The molecule has 0 saturated carbocycles. The molecule has 9 nitrogen and oxygen atoms in total. The van der Waals surface area contributed by atoms with Gasteiger partial charge in [-0.25, -0.2) is 9.97 Å². The molecule has 11 heteroatoms. The smallest absolute Gasteiger partial charge is 0.233 e. The van der Waals surface area contributed by atoms with E-state index < -0.39 is 8.38 Å². The van der Waals surface area contributed by atoms with Crippen molar-refractivity contribution in [3.05, 3.63) is 41.7 Å². The van der Waals surface area contributed by atoms with Gasteiger partial charge in [-0.2, -0.15) is 0 Å². The predicted molar refractivity (Wildman–Crippen MR) is 126 cm³/mol. The predicted octanol–water partition coefficient (Wildman–Crippen LogP) is 5.06. The molecule has 1 amide bonds. The summed E-state index contributed by atoms with van der Waals surface area (Å²) >= 11 is 6.00. The number of halogens is 1. The third-order valence-electron chi connectivity index (χ3n) is 4.26. The van der Waals surface area contributed by atoms with Crippen LogP contribution in [0, 0.1) is 0 Å². The second kappa shape index (κ2) is 11.2. The monoisotopic (exact) mass is 478 g/mol. The van der Waals surface area contributed by atoms with Gasteiger partial charge in [-0.05, 0) is 38.1 Å². The van der Waals surface area contributed by atoms with Crippen LogP contribution in [-0.2, 0) is 13.8 Å². The lowest BCUT2D eigenvalue weighted by Gasteiger charge is -2.17. The number of hydrogen-bond acceptors (Lipinski definition) is 8. The zero-order chi connectivity index (χ0) is 23.1. The second-order valence-corrected chi connectivity index (χ2v) is 8.36. The van der Waals surface area contributed by atoms with Gasteiger partial charge >= 0.3 is 0 Å². The van der Waals surface area contributed by atoms with E-state index in [0.29, 0.717) is 47.1 Å². The SMILES string of the molecule is CCOP(CC(=O)Nc1cc2c(Nc3ccc(O)c(Cl)c3)ncnc2cc1OC)OCC. The highest BCUT2D eigenvalue weighted by atomic mass is 35.5. The van der Waals surface area contributed by atoms with Gasteiger partial charge in [-0.3, -0.25) is 4.79 Å². The van der Waals surface area contributed by atoms with Crippen LogP contribution in [0.2, 0.25) is 5.02 Å².